The van der Waals surface area contributed by atoms with Crippen LogP contribution in [-0.2, 0) is 15.5 Å². The highest BCUT2D eigenvalue weighted by atomic mass is 32.2. The van der Waals surface area contributed by atoms with Gasteiger partial charge in [-0.15, -0.1) is 0 Å². The number of anilines is 1. The maximum absolute atomic E-state index is 11.0. The number of carbonyl (C=O) groups is 1. The van der Waals surface area contributed by atoms with E-state index in [2.05, 4.69) is 4.18 Å². The summed E-state index contributed by atoms with van der Waals surface area (Å²) in [7, 11) is 0. The van der Waals surface area contributed by atoms with Crippen molar-refractivity contribution in [3.8, 4) is 0 Å². The first-order chi connectivity index (χ1) is 6.11. The zero-order valence-electron chi connectivity index (χ0n) is 6.43. The standard InChI is InChI=1S/C7H7NO4S/c8-6-4-2-1-3-5(6)7(9)12-13(10)11/h1-4H,8H2,(H,10,11)/p-1. The number of rotatable bonds is 2. The molecule has 70 valence electrons. The molecule has 0 aliphatic carbocycles. The fourth-order valence-corrected chi connectivity index (χ4v) is 1.00. The van der Waals surface area contributed by atoms with Crippen molar-refractivity contribution < 1.29 is 17.7 Å². The van der Waals surface area contributed by atoms with Crippen LogP contribution in [-0.4, -0.2) is 14.7 Å². The van der Waals surface area contributed by atoms with Crippen molar-refractivity contribution in [1.82, 2.24) is 0 Å². The van der Waals surface area contributed by atoms with Crippen molar-refractivity contribution >= 4 is 23.0 Å². The third-order valence-electron chi connectivity index (χ3n) is 1.32. The molecule has 6 heteroatoms. The maximum atomic E-state index is 11.0. The molecular formula is C7H6NO4S-. The van der Waals surface area contributed by atoms with Crippen LogP contribution in [0.4, 0.5) is 5.69 Å². The molecule has 0 aliphatic heterocycles. The molecule has 1 atom stereocenters. The molecule has 0 bridgehead atoms. The Morgan fingerprint density at radius 1 is 1.46 bits per heavy atom. The lowest BCUT2D eigenvalue weighted by Crippen LogP contribution is -2.09. The predicted octanol–water partition coefficient (Wildman–Crippen LogP) is 0.220. The number of nitrogen functional groups attached to an aromatic ring is 1. The second-order valence-electron chi connectivity index (χ2n) is 2.16. The minimum atomic E-state index is -2.86. The molecule has 13 heavy (non-hydrogen) atoms. The maximum Gasteiger partial charge on any atom is 0.353 e. The summed E-state index contributed by atoms with van der Waals surface area (Å²) in [5.41, 5.74) is 5.61. The van der Waals surface area contributed by atoms with Gasteiger partial charge in [-0.3, -0.25) is 0 Å². The fraction of sp³-hybridized carbons (Fsp3) is 0. The summed E-state index contributed by atoms with van der Waals surface area (Å²) in [5.74, 6) is -0.980. The number of hydrogen-bond donors (Lipinski definition) is 1. The molecule has 2 N–H and O–H groups in total. The highest BCUT2D eigenvalue weighted by Gasteiger charge is 2.09. The summed E-state index contributed by atoms with van der Waals surface area (Å²) in [4.78, 5) is 11.0. The van der Waals surface area contributed by atoms with E-state index < -0.39 is 17.3 Å². The first-order valence-corrected chi connectivity index (χ1v) is 4.27. The van der Waals surface area contributed by atoms with E-state index in [1.807, 2.05) is 0 Å². The summed E-state index contributed by atoms with van der Waals surface area (Å²) >= 11 is -2.86. The lowest BCUT2D eigenvalue weighted by molar-refractivity contribution is 0.0743. The quantitative estimate of drug-likeness (QED) is 0.544. The van der Waals surface area contributed by atoms with Crippen LogP contribution in [0.3, 0.4) is 0 Å². The second-order valence-corrected chi connectivity index (χ2v) is 2.74. The molecule has 0 saturated carbocycles. The molecule has 0 aliphatic rings. The Labute approximate surface area is 77.0 Å². The molecule has 0 amide bonds. The van der Waals surface area contributed by atoms with Crippen LogP contribution in [0, 0.1) is 0 Å². The van der Waals surface area contributed by atoms with E-state index in [1.165, 1.54) is 12.1 Å². The van der Waals surface area contributed by atoms with Crippen molar-refractivity contribution in [2.24, 2.45) is 0 Å². The van der Waals surface area contributed by atoms with Gasteiger partial charge in [0.2, 0.25) is 0 Å². The van der Waals surface area contributed by atoms with Crippen LogP contribution in [0.15, 0.2) is 24.3 Å². The number of carbonyl (C=O) groups excluding carboxylic acids is 1. The van der Waals surface area contributed by atoms with Gasteiger partial charge in [0.25, 0.3) is 0 Å². The zero-order chi connectivity index (χ0) is 9.84. The fourth-order valence-electron chi connectivity index (χ4n) is 0.790. The lowest BCUT2D eigenvalue weighted by Gasteiger charge is -2.06. The summed E-state index contributed by atoms with van der Waals surface area (Å²) in [6.07, 6.45) is 0. The molecule has 0 radical (unpaired) electrons. The molecule has 0 heterocycles. The summed E-state index contributed by atoms with van der Waals surface area (Å²) in [6, 6.07) is 6.04. The molecule has 1 unspecified atom stereocenters. The SMILES string of the molecule is Nc1ccccc1C(=O)OS(=O)[O-]. The van der Waals surface area contributed by atoms with Gasteiger partial charge in [-0.05, 0) is 12.1 Å². The number of hydrogen-bond acceptors (Lipinski definition) is 5. The van der Waals surface area contributed by atoms with Crippen LogP contribution in [0.1, 0.15) is 10.4 Å². The Morgan fingerprint density at radius 2 is 2.08 bits per heavy atom. The Kier molecular flexibility index (Phi) is 2.99. The first kappa shape index (κ1) is 9.69. The molecule has 0 fully saturated rings. The number of para-hydroxylation sites is 1. The van der Waals surface area contributed by atoms with E-state index in [4.69, 9.17) is 5.73 Å². The molecular weight excluding hydrogens is 194 g/mol. The molecule has 1 rings (SSSR count). The zero-order valence-corrected chi connectivity index (χ0v) is 7.24. The van der Waals surface area contributed by atoms with Gasteiger partial charge in [0.05, 0.1) is 5.56 Å². The highest BCUT2D eigenvalue weighted by molar-refractivity contribution is 7.74. The van der Waals surface area contributed by atoms with E-state index in [0.717, 1.165) is 0 Å². The normalized spacial score (nSPS) is 12.1. The minimum Gasteiger partial charge on any atom is -0.740 e. The highest BCUT2D eigenvalue weighted by Crippen LogP contribution is 2.11. The molecule has 1 aromatic carbocycles. The second kappa shape index (κ2) is 4.01. The molecule has 0 aromatic heterocycles. The Hall–Kier alpha value is -1.40. The van der Waals surface area contributed by atoms with E-state index in [9.17, 15) is 13.6 Å². The average Bonchev–Trinajstić information content (AvgIpc) is 2.03. The van der Waals surface area contributed by atoms with Gasteiger partial charge < -0.3 is 14.5 Å². The van der Waals surface area contributed by atoms with E-state index in [-0.39, 0.29) is 11.3 Å². The van der Waals surface area contributed by atoms with Gasteiger partial charge in [0.15, 0.2) is 0 Å². The van der Waals surface area contributed by atoms with E-state index in [1.54, 1.807) is 12.1 Å². The molecule has 1 aromatic rings. The summed E-state index contributed by atoms with van der Waals surface area (Å²) in [6.45, 7) is 0. The van der Waals surface area contributed by atoms with Gasteiger partial charge in [-0.1, -0.05) is 12.1 Å². The average molecular weight is 200 g/mol. The lowest BCUT2D eigenvalue weighted by atomic mass is 10.2. The molecule has 5 nitrogen and oxygen atoms in total. The van der Waals surface area contributed by atoms with E-state index in [0.29, 0.717) is 0 Å². The van der Waals surface area contributed by atoms with Gasteiger partial charge in [0.1, 0.15) is 11.4 Å². The topological polar surface area (TPSA) is 92.5 Å². The van der Waals surface area contributed by atoms with Crippen LogP contribution in [0.25, 0.3) is 0 Å². The van der Waals surface area contributed by atoms with Crippen molar-refractivity contribution in [2.45, 2.75) is 0 Å². The summed E-state index contributed by atoms with van der Waals surface area (Å²) < 4.78 is 23.9. The third kappa shape index (κ3) is 2.53. The largest absolute Gasteiger partial charge is 0.740 e. The Morgan fingerprint density at radius 3 is 2.62 bits per heavy atom. The van der Waals surface area contributed by atoms with Crippen LogP contribution in [0.2, 0.25) is 0 Å². The van der Waals surface area contributed by atoms with Crippen LogP contribution >= 0.6 is 0 Å². The monoisotopic (exact) mass is 200 g/mol. The van der Waals surface area contributed by atoms with Gasteiger partial charge in [-0.25, -0.2) is 9.00 Å². The summed E-state index contributed by atoms with van der Waals surface area (Å²) in [5, 5.41) is 0. The number of nitrogens with two attached hydrogens (primary N) is 1. The third-order valence-corrected chi connectivity index (χ3v) is 1.61. The van der Waals surface area contributed by atoms with E-state index >= 15 is 0 Å². The molecule has 0 spiro atoms. The minimum absolute atomic E-state index is 0.0340. The van der Waals surface area contributed by atoms with Crippen LogP contribution in [0.5, 0.6) is 0 Å². The predicted molar refractivity (Wildman–Crippen MR) is 45.2 cm³/mol. The van der Waals surface area contributed by atoms with Crippen LogP contribution < -0.4 is 5.73 Å². The smallest absolute Gasteiger partial charge is 0.353 e. The Balaban J connectivity index is 2.89. The van der Waals surface area contributed by atoms with Crippen molar-refractivity contribution in [3.05, 3.63) is 29.8 Å². The van der Waals surface area contributed by atoms with Gasteiger partial charge >= 0.3 is 5.97 Å². The first-order valence-electron chi connectivity index (χ1n) is 3.27. The van der Waals surface area contributed by atoms with Crippen molar-refractivity contribution in [3.63, 3.8) is 0 Å². The number of benzene rings is 1. The van der Waals surface area contributed by atoms with Crippen molar-refractivity contribution in [2.75, 3.05) is 5.73 Å². The molecule has 0 saturated heterocycles. The Bertz CT molecular complexity index is 352. The van der Waals surface area contributed by atoms with Crippen molar-refractivity contribution in [1.29, 1.82) is 0 Å². The van der Waals surface area contributed by atoms with Gasteiger partial charge in [-0.2, -0.15) is 0 Å². The van der Waals surface area contributed by atoms with Gasteiger partial charge in [0, 0.05) is 5.69 Å².